The molecule has 0 fully saturated rings. The minimum atomic E-state index is -0.650. The van der Waals surface area contributed by atoms with Crippen molar-refractivity contribution in [3.63, 3.8) is 0 Å². The summed E-state index contributed by atoms with van der Waals surface area (Å²) in [5, 5.41) is 7.37. The zero-order chi connectivity index (χ0) is 22.5. The van der Waals surface area contributed by atoms with Crippen LogP contribution in [-0.4, -0.2) is 24.3 Å². The van der Waals surface area contributed by atoms with Crippen LogP contribution in [0.15, 0.2) is 47.8 Å². The number of aryl methyl sites for hydroxylation is 1. The zero-order valence-corrected chi connectivity index (χ0v) is 17.5. The van der Waals surface area contributed by atoms with Crippen LogP contribution in [0.1, 0.15) is 32.7 Å². The van der Waals surface area contributed by atoms with Crippen molar-refractivity contribution in [2.24, 2.45) is 11.5 Å². The predicted molar refractivity (Wildman–Crippen MR) is 120 cm³/mol. The third-order valence-electron chi connectivity index (χ3n) is 4.44. The van der Waals surface area contributed by atoms with E-state index in [1.807, 2.05) is 0 Å². The van der Waals surface area contributed by atoms with E-state index in [4.69, 9.17) is 11.5 Å². The average Bonchev–Trinajstić information content (AvgIpc) is 3.15. The third kappa shape index (κ3) is 5.33. The monoisotopic (exact) mass is 440 g/mol. The Morgan fingerprint density at radius 1 is 1.06 bits per heavy atom. The summed E-state index contributed by atoms with van der Waals surface area (Å²) in [6.07, 6.45) is 0.0925. The minimum absolute atomic E-state index is 0.0925. The Labute approximate surface area is 182 Å². The van der Waals surface area contributed by atoms with Crippen molar-refractivity contribution >= 4 is 39.7 Å². The van der Waals surface area contributed by atoms with Crippen LogP contribution in [0.25, 0.3) is 11.1 Å². The topological polar surface area (TPSA) is 127 Å². The highest BCUT2D eigenvalue weighted by molar-refractivity contribution is 7.14. The van der Waals surface area contributed by atoms with Gasteiger partial charge in [0.15, 0.2) is 0 Å². The fourth-order valence-corrected chi connectivity index (χ4v) is 3.84. The van der Waals surface area contributed by atoms with Gasteiger partial charge < -0.3 is 22.1 Å². The molecule has 0 unspecified atom stereocenters. The number of rotatable bonds is 7. The van der Waals surface area contributed by atoms with Crippen molar-refractivity contribution in [3.8, 4) is 11.1 Å². The summed E-state index contributed by atoms with van der Waals surface area (Å²) in [5.74, 6) is -1.87. The van der Waals surface area contributed by atoms with E-state index in [0.717, 1.165) is 0 Å². The highest BCUT2D eigenvalue weighted by Crippen LogP contribution is 2.31. The Hall–Kier alpha value is -3.56. The molecule has 0 saturated heterocycles. The second-order valence-electron chi connectivity index (χ2n) is 6.85. The highest BCUT2D eigenvalue weighted by atomic mass is 32.1. The molecule has 0 aliphatic carbocycles. The lowest BCUT2D eigenvalue weighted by Gasteiger charge is -2.14. The first-order chi connectivity index (χ1) is 14.8. The van der Waals surface area contributed by atoms with Gasteiger partial charge in [-0.15, -0.1) is 11.3 Å². The molecule has 160 valence electrons. The van der Waals surface area contributed by atoms with Crippen LogP contribution in [0.2, 0.25) is 0 Å². The number of carbonyl (C=O) groups is 3. The second-order valence-corrected chi connectivity index (χ2v) is 7.76. The number of thiophene rings is 1. The molecule has 0 aliphatic rings. The molecule has 9 heteroatoms. The van der Waals surface area contributed by atoms with E-state index in [1.54, 1.807) is 30.5 Å². The molecule has 31 heavy (non-hydrogen) atoms. The molecule has 0 aliphatic heterocycles. The summed E-state index contributed by atoms with van der Waals surface area (Å²) < 4.78 is 13.9. The molecule has 3 aromatic rings. The first-order valence-corrected chi connectivity index (χ1v) is 10.3. The smallest absolute Gasteiger partial charge is 0.256 e. The maximum absolute atomic E-state index is 13.9. The summed E-state index contributed by atoms with van der Waals surface area (Å²) >= 11 is 1.17. The Bertz CT molecular complexity index is 1140. The van der Waals surface area contributed by atoms with Gasteiger partial charge in [-0.1, -0.05) is 12.1 Å². The number of hydrogen-bond donors (Lipinski definition) is 4. The van der Waals surface area contributed by atoms with Crippen LogP contribution >= 0.6 is 11.3 Å². The quantitative estimate of drug-likeness (QED) is 0.448. The summed E-state index contributed by atoms with van der Waals surface area (Å²) in [6.45, 7) is 1.92. The lowest BCUT2D eigenvalue weighted by atomic mass is 9.99. The van der Waals surface area contributed by atoms with Gasteiger partial charge in [0, 0.05) is 29.8 Å². The number of nitrogens with one attached hydrogen (secondary N) is 2. The molecule has 0 atom stereocenters. The molecule has 1 aromatic heterocycles. The van der Waals surface area contributed by atoms with E-state index in [0.29, 0.717) is 27.4 Å². The standard InChI is InChI=1S/C22H21FN4O3S/c1-12-8-14(10-15(23)9-12)16-3-2-13(11-18(16)26-19(28)4-6-24)21(30)27-22-17(20(25)29)5-7-31-22/h2-3,5,7-11H,4,6,24H2,1H3,(H2,25,29)(H,26,28)(H,27,30). The number of hydrogen-bond acceptors (Lipinski definition) is 5. The molecular formula is C22H21FN4O3S. The van der Waals surface area contributed by atoms with Crippen molar-refractivity contribution in [3.05, 3.63) is 70.4 Å². The van der Waals surface area contributed by atoms with Crippen molar-refractivity contribution in [1.82, 2.24) is 0 Å². The minimum Gasteiger partial charge on any atom is -0.366 e. The number of nitrogens with two attached hydrogens (primary N) is 2. The van der Waals surface area contributed by atoms with Crippen LogP contribution < -0.4 is 22.1 Å². The number of anilines is 2. The van der Waals surface area contributed by atoms with Crippen molar-refractivity contribution in [1.29, 1.82) is 0 Å². The Kier molecular flexibility index (Phi) is 6.78. The van der Waals surface area contributed by atoms with Crippen LogP contribution in [0.5, 0.6) is 0 Å². The normalized spacial score (nSPS) is 10.5. The van der Waals surface area contributed by atoms with Gasteiger partial charge in [0.1, 0.15) is 10.8 Å². The summed E-state index contributed by atoms with van der Waals surface area (Å²) in [7, 11) is 0. The first kappa shape index (κ1) is 22.1. The largest absolute Gasteiger partial charge is 0.366 e. The molecule has 2 aromatic carbocycles. The predicted octanol–water partition coefficient (Wildman–Crippen LogP) is 3.50. The lowest BCUT2D eigenvalue weighted by Crippen LogP contribution is -2.18. The van der Waals surface area contributed by atoms with Crippen LogP contribution in [-0.2, 0) is 4.79 Å². The van der Waals surface area contributed by atoms with E-state index >= 15 is 0 Å². The van der Waals surface area contributed by atoms with Gasteiger partial charge in [-0.3, -0.25) is 14.4 Å². The number of amides is 3. The molecular weight excluding hydrogens is 419 g/mol. The Balaban J connectivity index is 1.98. The zero-order valence-electron chi connectivity index (χ0n) is 16.7. The molecule has 0 bridgehead atoms. The number of halogens is 1. The van der Waals surface area contributed by atoms with Gasteiger partial charge in [0.05, 0.1) is 5.56 Å². The molecule has 1 heterocycles. The fraction of sp³-hybridized carbons (Fsp3) is 0.136. The van der Waals surface area contributed by atoms with Crippen LogP contribution in [0, 0.1) is 12.7 Å². The summed E-state index contributed by atoms with van der Waals surface area (Å²) in [5.41, 5.74) is 13.4. The maximum Gasteiger partial charge on any atom is 0.256 e. The van der Waals surface area contributed by atoms with Gasteiger partial charge in [-0.05, 0) is 53.8 Å². The third-order valence-corrected chi connectivity index (χ3v) is 5.27. The summed E-state index contributed by atoms with van der Waals surface area (Å²) in [6, 6.07) is 10.7. The summed E-state index contributed by atoms with van der Waals surface area (Å²) in [4.78, 5) is 36.4. The lowest BCUT2D eigenvalue weighted by molar-refractivity contribution is -0.116. The Morgan fingerprint density at radius 2 is 1.84 bits per heavy atom. The van der Waals surface area contributed by atoms with Crippen LogP contribution in [0.4, 0.5) is 15.1 Å². The molecule has 3 rings (SSSR count). The second kappa shape index (κ2) is 9.50. The fourth-order valence-electron chi connectivity index (χ4n) is 3.05. The maximum atomic E-state index is 13.9. The van der Waals surface area contributed by atoms with Crippen molar-refractivity contribution < 1.29 is 18.8 Å². The number of benzene rings is 2. The number of carbonyl (C=O) groups excluding carboxylic acids is 3. The molecule has 7 nitrogen and oxygen atoms in total. The first-order valence-electron chi connectivity index (χ1n) is 9.38. The number of primary amides is 1. The van der Waals surface area contributed by atoms with Gasteiger partial charge in [-0.25, -0.2) is 4.39 Å². The molecule has 3 amide bonds. The molecule has 0 spiro atoms. The molecule has 0 saturated carbocycles. The van der Waals surface area contributed by atoms with Gasteiger partial charge in [0.2, 0.25) is 5.91 Å². The van der Waals surface area contributed by atoms with E-state index in [-0.39, 0.29) is 30.0 Å². The van der Waals surface area contributed by atoms with Crippen LogP contribution in [0.3, 0.4) is 0 Å². The van der Waals surface area contributed by atoms with E-state index in [1.165, 1.54) is 35.6 Å². The van der Waals surface area contributed by atoms with Crippen molar-refractivity contribution in [2.75, 3.05) is 17.2 Å². The van der Waals surface area contributed by atoms with Crippen molar-refractivity contribution in [2.45, 2.75) is 13.3 Å². The van der Waals surface area contributed by atoms with Gasteiger partial charge in [-0.2, -0.15) is 0 Å². The average molecular weight is 441 g/mol. The van der Waals surface area contributed by atoms with Gasteiger partial charge in [0.25, 0.3) is 11.8 Å². The van der Waals surface area contributed by atoms with E-state index < -0.39 is 17.6 Å². The van der Waals surface area contributed by atoms with Gasteiger partial charge >= 0.3 is 0 Å². The Morgan fingerprint density at radius 3 is 2.52 bits per heavy atom. The molecule has 6 N–H and O–H groups in total. The highest BCUT2D eigenvalue weighted by Gasteiger charge is 2.17. The van der Waals surface area contributed by atoms with E-state index in [9.17, 15) is 18.8 Å². The SMILES string of the molecule is Cc1cc(F)cc(-c2ccc(C(=O)Nc3sccc3C(N)=O)cc2NC(=O)CCN)c1. The molecule has 0 radical (unpaired) electrons. The van der Waals surface area contributed by atoms with E-state index in [2.05, 4.69) is 10.6 Å².